The number of nitrogens with zero attached hydrogens (tertiary/aromatic N) is 3. The lowest BCUT2D eigenvalue weighted by Crippen LogP contribution is -2.22. The maximum atomic E-state index is 5.66. The number of aryl methyl sites for hydroxylation is 1. The fourth-order valence-electron chi connectivity index (χ4n) is 2.79. The molecule has 0 fully saturated rings. The second-order valence-electron chi connectivity index (χ2n) is 5.37. The molecule has 2 aromatic rings. The quantitative estimate of drug-likeness (QED) is 0.886. The van der Waals surface area contributed by atoms with Crippen molar-refractivity contribution in [3.8, 4) is 5.75 Å². The van der Waals surface area contributed by atoms with Gasteiger partial charge in [0.1, 0.15) is 17.4 Å². The maximum absolute atomic E-state index is 5.66. The fourth-order valence-corrected chi connectivity index (χ4v) is 2.79. The van der Waals surface area contributed by atoms with Crippen molar-refractivity contribution in [1.82, 2.24) is 20.1 Å². The molecular weight excluding hydrogens is 264 g/mol. The maximum Gasteiger partial charge on any atom is 0.149 e. The molecule has 1 aromatic carbocycles. The van der Waals surface area contributed by atoms with Crippen LogP contribution in [-0.2, 0) is 19.5 Å². The van der Waals surface area contributed by atoms with Crippen molar-refractivity contribution in [2.45, 2.75) is 45.8 Å². The van der Waals surface area contributed by atoms with Crippen LogP contribution < -0.4 is 10.1 Å². The number of aromatic nitrogens is 3. The van der Waals surface area contributed by atoms with E-state index in [1.165, 1.54) is 12.0 Å². The zero-order valence-corrected chi connectivity index (χ0v) is 12.7. The van der Waals surface area contributed by atoms with Gasteiger partial charge in [0, 0.05) is 25.1 Å². The Kier molecular flexibility index (Phi) is 4.20. The van der Waals surface area contributed by atoms with Gasteiger partial charge >= 0.3 is 0 Å². The number of benzene rings is 1. The predicted molar refractivity (Wildman–Crippen MR) is 81.2 cm³/mol. The first kappa shape index (κ1) is 14.1. The van der Waals surface area contributed by atoms with Gasteiger partial charge in [-0.25, -0.2) is 0 Å². The van der Waals surface area contributed by atoms with Crippen molar-refractivity contribution in [3.63, 3.8) is 0 Å². The molecule has 0 aliphatic carbocycles. The largest absolute Gasteiger partial charge is 0.494 e. The Morgan fingerprint density at radius 3 is 3.05 bits per heavy atom. The summed E-state index contributed by atoms with van der Waals surface area (Å²) < 4.78 is 7.90. The predicted octanol–water partition coefficient (Wildman–Crippen LogP) is 2.47. The molecule has 0 radical (unpaired) electrons. The Morgan fingerprint density at radius 1 is 1.33 bits per heavy atom. The number of fused-ring (bicyclic) bond motifs is 1. The summed E-state index contributed by atoms with van der Waals surface area (Å²) in [5.74, 6) is 3.11. The van der Waals surface area contributed by atoms with E-state index in [1.54, 1.807) is 0 Å². The van der Waals surface area contributed by atoms with E-state index in [9.17, 15) is 0 Å². The van der Waals surface area contributed by atoms with Crippen LogP contribution in [0.5, 0.6) is 5.75 Å². The van der Waals surface area contributed by atoms with Gasteiger partial charge in [-0.2, -0.15) is 0 Å². The van der Waals surface area contributed by atoms with Crippen molar-refractivity contribution in [2.24, 2.45) is 0 Å². The Hall–Kier alpha value is -1.88. The van der Waals surface area contributed by atoms with Gasteiger partial charge in [-0.15, -0.1) is 10.2 Å². The highest BCUT2D eigenvalue weighted by Crippen LogP contribution is 2.21. The summed E-state index contributed by atoms with van der Waals surface area (Å²) in [6.07, 6.45) is 2.23. The van der Waals surface area contributed by atoms with Gasteiger partial charge in [0.25, 0.3) is 0 Å². The molecule has 0 saturated heterocycles. The van der Waals surface area contributed by atoms with Gasteiger partial charge in [-0.05, 0) is 26.3 Å². The molecule has 5 heteroatoms. The van der Waals surface area contributed by atoms with Crippen LogP contribution >= 0.6 is 0 Å². The van der Waals surface area contributed by atoms with Gasteiger partial charge in [0.2, 0.25) is 0 Å². The number of hydrogen-bond donors (Lipinski definition) is 1. The number of hydrogen-bond acceptors (Lipinski definition) is 4. The van der Waals surface area contributed by atoms with E-state index in [2.05, 4.69) is 33.1 Å². The summed E-state index contributed by atoms with van der Waals surface area (Å²) in [4.78, 5) is 0. The van der Waals surface area contributed by atoms with Crippen LogP contribution in [-0.4, -0.2) is 21.4 Å². The second kappa shape index (κ2) is 6.26. The fraction of sp³-hybridized carbons (Fsp3) is 0.500. The van der Waals surface area contributed by atoms with Crippen LogP contribution in [0.25, 0.3) is 0 Å². The minimum Gasteiger partial charge on any atom is -0.494 e. The molecule has 112 valence electrons. The Labute approximate surface area is 125 Å². The van der Waals surface area contributed by atoms with Gasteiger partial charge in [-0.1, -0.05) is 18.2 Å². The molecule has 21 heavy (non-hydrogen) atoms. The molecule has 1 N–H and O–H groups in total. The smallest absolute Gasteiger partial charge is 0.149 e. The van der Waals surface area contributed by atoms with E-state index in [1.807, 2.05) is 25.1 Å². The Morgan fingerprint density at radius 2 is 2.19 bits per heavy atom. The third kappa shape index (κ3) is 2.93. The van der Waals surface area contributed by atoms with Crippen LogP contribution in [0.2, 0.25) is 0 Å². The molecule has 1 atom stereocenters. The van der Waals surface area contributed by atoms with Crippen LogP contribution in [0.1, 0.15) is 43.5 Å². The first-order chi connectivity index (χ1) is 10.3. The molecule has 3 rings (SSSR count). The topological polar surface area (TPSA) is 52.0 Å². The van der Waals surface area contributed by atoms with Crippen molar-refractivity contribution >= 4 is 0 Å². The van der Waals surface area contributed by atoms with E-state index in [4.69, 9.17) is 4.74 Å². The lowest BCUT2D eigenvalue weighted by Gasteiger charge is -2.15. The Balaban J connectivity index is 1.67. The highest BCUT2D eigenvalue weighted by atomic mass is 16.5. The summed E-state index contributed by atoms with van der Waals surface area (Å²) in [6, 6.07) is 8.33. The standard InChI is InChI=1S/C16H22N4O/c1-3-21-14-8-5-4-7-13(14)11-17-12(2)16-19-18-15-9-6-10-20(15)16/h4-5,7-8,12,17H,3,6,9-11H2,1-2H3. The lowest BCUT2D eigenvalue weighted by atomic mass is 10.2. The molecular formula is C16H22N4O. The summed E-state index contributed by atoms with van der Waals surface area (Å²) in [6.45, 7) is 6.63. The van der Waals surface area contributed by atoms with Gasteiger partial charge < -0.3 is 14.6 Å². The van der Waals surface area contributed by atoms with Crippen LogP contribution in [0.3, 0.4) is 0 Å². The minimum atomic E-state index is 0.180. The first-order valence-electron chi connectivity index (χ1n) is 7.65. The first-order valence-corrected chi connectivity index (χ1v) is 7.65. The summed E-state index contributed by atoms with van der Waals surface area (Å²) in [5, 5.41) is 12.1. The third-order valence-corrected chi connectivity index (χ3v) is 3.90. The highest BCUT2D eigenvalue weighted by molar-refractivity contribution is 5.33. The average molecular weight is 286 g/mol. The number of nitrogens with one attached hydrogen (secondary N) is 1. The molecule has 0 bridgehead atoms. The minimum absolute atomic E-state index is 0.180. The van der Waals surface area contributed by atoms with Crippen molar-refractivity contribution in [3.05, 3.63) is 41.5 Å². The van der Waals surface area contributed by atoms with E-state index >= 15 is 0 Å². The van der Waals surface area contributed by atoms with Crippen LogP contribution in [0.15, 0.2) is 24.3 Å². The molecule has 1 unspecified atom stereocenters. The van der Waals surface area contributed by atoms with Crippen molar-refractivity contribution in [1.29, 1.82) is 0 Å². The number of ether oxygens (including phenoxy) is 1. The molecule has 0 spiro atoms. The molecule has 5 nitrogen and oxygen atoms in total. The van der Waals surface area contributed by atoms with Crippen LogP contribution in [0.4, 0.5) is 0 Å². The zero-order valence-electron chi connectivity index (χ0n) is 12.7. The summed E-state index contributed by atoms with van der Waals surface area (Å²) in [5.41, 5.74) is 1.17. The summed E-state index contributed by atoms with van der Waals surface area (Å²) >= 11 is 0. The van der Waals surface area contributed by atoms with Gasteiger partial charge in [-0.3, -0.25) is 0 Å². The number of rotatable bonds is 6. The normalized spacial score (nSPS) is 15.0. The average Bonchev–Trinajstić information content (AvgIpc) is 3.09. The third-order valence-electron chi connectivity index (χ3n) is 3.90. The highest BCUT2D eigenvalue weighted by Gasteiger charge is 2.21. The number of para-hydroxylation sites is 1. The van der Waals surface area contributed by atoms with E-state index in [-0.39, 0.29) is 6.04 Å². The van der Waals surface area contributed by atoms with Gasteiger partial charge in [0.05, 0.1) is 12.6 Å². The van der Waals surface area contributed by atoms with Crippen LogP contribution in [0, 0.1) is 0 Å². The molecule has 1 aromatic heterocycles. The van der Waals surface area contributed by atoms with E-state index in [0.717, 1.165) is 36.9 Å². The van der Waals surface area contributed by atoms with E-state index < -0.39 is 0 Å². The second-order valence-corrected chi connectivity index (χ2v) is 5.37. The van der Waals surface area contributed by atoms with Crippen molar-refractivity contribution in [2.75, 3.05) is 6.61 Å². The molecule has 1 aliphatic rings. The summed E-state index contributed by atoms with van der Waals surface area (Å²) in [7, 11) is 0. The molecule has 1 aliphatic heterocycles. The van der Waals surface area contributed by atoms with Crippen molar-refractivity contribution < 1.29 is 4.74 Å². The Bertz CT molecular complexity index is 608. The monoisotopic (exact) mass is 286 g/mol. The molecule has 0 saturated carbocycles. The van der Waals surface area contributed by atoms with Gasteiger partial charge in [0.15, 0.2) is 0 Å². The molecule has 2 heterocycles. The SMILES string of the molecule is CCOc1ccccc1CNC(C)c1nnc2n1CCC2. The molecule has 0 amide bonds. The zero-order chi connectivity index (χ0) is 14.7. The van der Waals surface area contributed by atoms with E-state index in [0.29, 0.717) is 6.61 Å². The lowest BCUT2D eigenvalue weighted by molar-refractivity contribution is 0.334.